The fraction of sp³-hybridized carbons (Fsp3) is 0.471. The number of H-pyrrole nitrogens is 1. The van der Waals surface area contributed by atoms with E-state index >= 15 is 0 Å². The molecule has 1 fully saturated rings. The molecule has 2 aromatic rings. The molecule has 1 aliphatic rings. The lowest BCUT2D eigenvalue weighted by molar-refractivity contribution is 0.0737. The Balaban J connectivity index is 1.78. The summed E-state index contributed by atoms with van der Waals surface area (Å²) < 4.78 is 0. The fourth-order valence-electron chi connectivity index (χ4n) is 3.08. The van der Waals surface area contributed by atoms with Crippen molar-refractivity contribution < 1.29 is 4.79 Å². The van der Waals surface area contributed by atoms with E-state index in [4.69, 9.17) is 0 Å². The topological polar surface area (TPSA) is 48.1 Å². The molecule has 0 spiro atoms. The zero-order valence-electron chi connectivity index (χ0n) is 12.6. The van der Waals surface area contributed by atoms with Gasteiger partial charge in [-0.2, -0.15) is 0 Å². The Hall–Kier alpha value is -1.81. The molecule has 1 unspecified atom stereocenters. The van der Waals surface area contributed by atoms with Gasteiger partial charge < -0.3 is 15.2 Å². The number of nitrogens with zero attached hydrogens (tertiary/aromatic N) is 1. The number of benzene rings is 1. The lowest BCUT2D eigenvalue weighted by Crippen LogP contribution is -2.41. The average molecular weight is 285 g/mol. The maximum absolute atomic E-state index is 12.8. The molecule has 0 saturated carbocycles. The minimum atomic E-state index is 0.113. The van der Waals surface area contributed by atoms with Gasteiger partial charge in [-0.1, -0.05) is 25.1 Å². The zero-order valence-corrected chi connectivity index (χ0v) is 12.6. The van der Waals surface area contributed by atoms with Gasteiger partial charge >= 0.3 is 0 Å². The molecule has 2 heterocycles. The van der Waals surface area contributed by atoms with E-state index in [9.17, 15) is 4.79 Å². The second kappa shape index (κ2) is 6.31. The van der Waals surface area contributed by atoms with Crippen molar-refractivity contribution in [2.45, 2.75) is 32.2 Å². The van der Waals surface area contributed by atoms with Crippen LogP contribution < -0.4 is 5.32 Å². The number of hydrogen-bond acceptors (Lipinski definition) is 2. The molecule has 21 heavy (non-hydrogen) atoms. The Kier molecular flexibility index (Phi) is 4.25. The monoisotopic (exact) mass is 285 g/mol. The summed E-state index contributed by atoms with van der Waals surface area (Å²) >= 11 is 0. The standard InChI is InChI=1S/C17H23N3O/c1-2-10-20(12-14-7-5-9-18-14)17(21)16-11-13-6-3-4-8-15(13)19-16/h3-4,6,8,11,14,18-19H,2,5,7,9-10,12H2,1H3. The van der Waals surface area contributed by atoms with Crippen molar-refractivity contribution in [3.05, 3.63) is 36.0 Å². The molecule has 0 aliphatic carbocycles. The summed E-state index contributed by atoms with van der Waals surface area (Å²) in [6.07, 6.45) is 3.37. The van der Waals surface area contributed by atoms with Crippen LogP contribution in [0.2, 0.25) is 0 Å². The number of nitrogens with one attached hydrogen (secondary N) is 2. The lowest BCUT2D eigenvalue weighted by atomic mass is 10.2. The summed E-state index contributed by atoms with van der Waals surface area (Å²) in [5.74, 6) is 0.113. The van der Waals surface area contributed by atoms with Gasteiger partial charge in [-0.3, -0.25) is 4.79 Å². The number of rotatable bonds is 5. The van der Waals surface area contributed by atoms with E-state index in [-0.39, 0.29) is 5.91 Å². The van der Waals surface area contributed by atoms with Gasteiger partial charge in [0.25, 0.3) is 5.91 Å². The third-order valence-corrected chi connectivity index (χ3v) is 4.14. The molecule has 1 aromatic carbocycles. The van der Waals surface area contributed by atoms with Gasteiger partial charge in [0.2, 0.25) is 0 Å². The highest BCUT2D eigenvalue weighted by atomic mass is 16.2. The van der Waals surface area contributed by atoms with Crippen LogP contribution in [0.3, 0.4) is 0 Å². The molecule has 3 rings (SSSR count). The minimum absolute atomic E-state index is 0.113. The van der Waals surface area contributed by atoms with Gasteiger partial charge in [-0.05, 0) is 37.9 Å². The Bertz CT molecular complexity index is 580. The van der Waals surface area contributed by atoms with Gasteiger partial charge in [0.05, 0.1) is 0 Å². The highest BCUT2D eigenvalue weighted by molar-refractivity contribution is 5.98. The summed E-state index contributed by atoms with van der Waals surface area (Å²) in [7, 11) is 0. The first kappa shape index (κ1) is 14.1. The molecule has 1 amide bonds. The summed E-state index contributed by atoms with van der Waals surface area (Å²) in [6.45, 7) is 4.81. The van der Waals surface area contributed by atoms with Crippen LogP contribution in [0.4, 0.5) is 0 Å². The fourth-order valence-corrected chi connectivity index (χ4v) is 3.08. The summed E-state index contributed by atoms with van der Waals surface area (Å²) in [4.78, 5) is 18.0. The van der Waals surface area contributed by atoms with Gasteiger partial charge in [0, 0.05) is 30.0 Å². The van der Waals surface area contributed by atoms with Crippen LogP contribution in [0.25, 0.3) is 10.9 Å². The number of hydrogen-bond donors (Lipinski definition) is 2. The lowest BCUT2D eigenvalue weighted by Gasteiger charge is -2.25. The normalized spacial score (nSPS) is 18.2. The summed E-state index contributed by atoms with van der Waals surface area (Å²) in [6, 6.07) is 10.4. The molecule has 2 N–H and O–H groups in total. The Morgan fingerprint density at radius 3 is 2.95 bits per heavy atom. The molecule has 1 atom stereocenters. The van der Waals surface area contributed by atoms with E-state index in [2.05, 4.69) is 17.2 Å². The number of fused-ring (bicyclic) bond motifs is 1. The van der Waals surface area contributed by atoms with Gasteiger partial charge in [-0.25, -0.2) is 0 Å². The zero-order chi connectivity index (χ0) is 14.7. The van der Waals surface area contributed by atoms with Crippen molar-refractivity contribution in [2.75, 3.05) is 19.6 Å². The number of amides is 1. The van der Waals surface area contributed by atoms with E-state index in [1.165, 1.54) is 12.8 Å². The second-order valence-electron chi connectivity index (χ2n) is 5.81. The van der Waals surface area contributed by atoms with Crippen LogP contribution in [0.1, 0.15) is 36.7 Å². The smallest absolute Gasteiger partial charge is 0.270 e. The number of carbonyl (C=O) groups excluding carboxylic acids is 1. The van der Waals surface area contributed by atoms with Crippen LogP contribution in [-0.2, 0) is 0 Å². The van der Waals surface area contributed by atoms with Crippen LogP contribution in [0.15, 0.2) is 30.3 Å². The minimum Gasteiger partial charge on any atom is -0.351 e. The predicted molar refractivity (Wildman–Crippen MR) is 85.5 cm³/mol. The Labute approximate surface area is 125 Å². The van der Waals surface area contributed by atoms with E-state index in [1.807, 2.05) is 35.2 Å². The van der Waals surface area contributed by atoms with Crippen LogP contribution in [0, 0.1) is 0 Å². The molecular formula is C17H23N3O. The summed E-state index contributed by atoms with van der Waals surface area (Å²) in [5.41, 5.74) is 1.72. The number of aromatic nitrogens is 1. The molecule has 4 nitrogen and oxygen atoms in total. The predicted octanol–water partition coefficient (Wildman–Crippen LogP) is 2.77. The molecular weight excluding hydrogens is 262 g/mol. The molecule has 1 aromatic heterocycles. The van der Waals surface area contributed by atoms with E-state index in [0.29, 0.717) is 11.7 Å². The maximum Gasteiger partial charge on any atom is 0.270 e. The van der Waals surface area contributed by atoms with Gasteiger partial charge in [0.1, 0.15) is 5.69 Å². The van der Waals surface area contributed by atoms with Crippen molar-refractivity contribution in [1.82, 2.24) is 15.2 Å². The first-order chi connectivity index (χ1) is 10.3. The highest BCUT2D eigenvalue weighted by Crippen LogP contribution is 2.17. The van der Waals surface area contributed by atoms with Crippen molar-refractivity contribution in [2.24, 2.45) is 0 Å². The van der Waals surface area contributed by atoms with Crippen LogP contribution in [-0.4, -0.2) is 41.5 Å². The third-order valence-electron chi connectivity index (χ3n) is 4.14. The van der Waals surface area contributed by atoms with Crippen LogP contribution in [0.5, 0.6) is 0 Å². The van der Waals surface area contributed by atoms with E-state index in [1.54, 1.807) is 0 Å². The maximum atomic E-state index is 12.8. The summed E-state index contributed by atoms with van der Waals surface area (Å²) in [5, 5.41) is 4.57. The van der Waals surface area contributed by atoms with E-state index in [0.717, 1.165) is 37.0 Å². The Morgan fingerprint density at radius 1 is 1.38 bits per heavy atom. The first-order valence-corrected chi connectivity index (χ1v) is 7.88. The van der Waals surface area contributed by atoms with Crippen molar-refractivity contribution >= 4 is 16.8 Å². The SMILES string of the molecule is CCCN(CC1CCCN1)C(=O)c1cc2ccccc2[nH]1. The number of aromatic amines is 1. The molecule has 0 radical (unpaired) electrons. The van der Waals surface area contributed by atoms with Gasteiger partial charge in [0.15, 0.2) is 0 Å². The highest BCUT2D eigenvalue weighted by Gasteiger charge is 2.22. The van der Waals surface area contributed by atoms with Crippen molar-refractivity contribution in [3.8, 4) is 0 Å². The van der Waals surface area contributed by atoms with Crippen molar-refractivity contribution in [3.63, 3.8) is 0 Å². The molecule has 1 aliphatic heterocycles. The van der Waals surface area contributed by atoms with E-state index < -0.39 is 0 Å². The molecule has 4 heteroatoms. The number of para-hydroxylation sites is 1. The molecule has 1 saturated heterocycles. The third kappa shape index (κ3) is 3.10. The second-order valence-corrected chi connectivity index (χ2v) is 5.81. The Morgan fingerprint density at radius 2 is 2.24 bits per heavy atom. The van der Waals surface area contributed by atoms with Gasteiger partial charge in [-0.15, -0.1) is 0 Å². The quantitative estimate of drug-likeness (QED) is 0.887. The van der Waals surface area contributed by atoms with Crippen LogP contribution >= 0.6 is 0 Å². The largest absolute Gasteiger partial charge is 0.351 e. The first-order valence-electron chi connectivity index (χ1n) is 7.88. The molecule has 112 valence electrons. The number of carbonyl (C=O) groups is 1. The van der Waals surface area contributed by atoms with Crippen molar-refractivity contribution in [1.29, 1.82) is 0 Å². The molecule has 0 bridgehead atoms. The average Bonchev–Trinajstić information content (AvgIpc) is 3.14.